The Bertz CT molecular complexity index is 464. The van der Waals surface area contributed by atoms with Crippen molar-refractivity contribution in [2.45, 2.75) is 13.3 Å². The number of carbonyl (C=O) groups excluding carboxylic acids is 1. The topological polar surface area (TPSA) is 111 Å². The van der Waals surface area contributed by atoms with Crippen molar-refractivity contribution in [3.05, 3.63) is 26.3 Å². The summed E-state index contributed by atoms with van der Waals surface area (Å²) in [6, 6.07) is 0. The molecule has 0 unspecified atom stereocenters. The first-order chi connectivity index (χ1) is 7.93. The van der Waals surface area contributed by atoms with Crippen molar-refractivity contribution in [1.29, 1.82) is 0 Å². The molecule has 0 spiro atoms. The van der Waals surface area contributed by atoms with Gasteiger partial charge in [-0.25, -0.2) is 4.98 Å². The fourth-order valence-corrected chi connectivity index (χ4v) is 1.63. The average Bonchev–Trinajstić information content (AvgIpc) is 2.23. The van der Waals surface area contributed by atoms with Gasteiger partial charge in [-0.1, -0.05) is 0 Å². The van der Waals surface area contributed by atoms with Gasteiger partial charge < -0.3 is 11.1 Å². The van der Waals surface area contributed by atoms with E-state index in [2.05, 4.69) is 26.2 Å². The Hall–Kier alpha value is -1.70. The molecule has 17 heavy (non-hydrogen) atoms. The molecule has 0 aromatic carbocycles. The van der Waals surface area contributed by atoms with E-state index in [9.17, 15) is 14.9 Å². The summed E-state index contributed by atoms with van der Waals surface area (Å²) in [5.74, 6) is 0.0293. The van der Waals surface area contributed by atoms with Crippen LogP contribution < -0.4 is 11.1 Å². The van der Waals surface area contributed by atoms with Gasteiger partial charge in [0.1, 0.15) is 12.0 Å². The number of aromatic nitrogens is 1. The molecule has 1 rings (SSSR count). The average molecular weight is 303 g/mol. The van der Waals surface area contributed by atoms with Gasteiger partial charge in [0.15, 0.2) is 0 Å². The molecule has 0 aliphatic rings. The molecule has 1 aromatic heterocycles. The number of hydrogen-bond donors (Lipinski definition) is 2. The highest BCUT2D eigenvalue weighted by Gasteiger charge is 2.16. The van der Waals surface area contributed by atoms with Crippen LogP contribution in [0.5, 0.6) is 0 Å². The third-order valence-corrected chi connectivity index (χ3v) is 3.07. The zero-order valence-electron chi connectivity index (χ0n) is 9.07. The lowest BCUT2D eigenvalue weighted by Crippen LogP contribution is -2.16. The molecule has 0 saturated carbocycles. The maximum atomic E-state index is 10.7. The summed E-state index contributed by atoms with van der Waals surface area (Å²) in [7, 11) is 0. The molecular weight excluding hydrogens is 292 g/mol. The zero-order chi connectivity index (χ0) is 13.0. The minimum atomic E-state index is -0.500. The summed E-state index contributed by atoms with van der Waals surface area (Å²) in [5.41, 5.74) is 5.41. The van der Waals surface area contributed by atoms with Gasteiger partial charge in [-0.05, 0) is 22.9 Å². The van der Waals surface area contributed by atoms with E-state index in [0.717, 1.165) is 0 Å². The van der Waals surface area contributed by atoms with Gasteiger partial charge in [-0.15, -0.1) is 0 Å². The van der Waals surface area contributed by atoms with Crippen molar-refractivity contribution in [3.63, 3.8) is 0 Å². The Morgan fingerprint density at radius 3 is 2.88 bits per heavy atom. The zero-order valence-corrected chi connectivity index (χ0v) is 10.7. The maximum absolute atomic E-state index is 10.7. The summed E-state index contributed by atoms with van der Waals surface area (Å²) in [5, 5.41) is 13.5. The number of pyridine rings is 1. The van der Waals surface area contributed by atoms with E-state index in [4.69, 9.17) is 5.73 Å². The van der Waals surface area contributed by atoms with Crippen LogP contribution in [0, 0.1) is 17.0 Å². The molecule has 0 aliphatic carbocycles. The molecule has 0 fully saturated rings. The summed E-state index contributed by atoms with van der Waals surface area (Å²) in [6.07, 6.45) is 1.34. The second-order valence-electron chi connectivity index (χ2n) is 3.33. The van der Waals surface area contributed by atoms with Gasteiger partial charge in [0.25, 0.3) is 5.69 Å². The molecule has 0 saturated heterocycles. The molecule has 0 radical (unpaired) electrons. The number of carbonyl (C=O) groups is 1. The van der Waals surface area contributed by atoms with Crippen LogP contribution in [-0.2, 0) is 4.79 Å². The Kier molecular flexibility index (Phi) is 4.38. The van der Waals surface area contributed by atoms with Crippen LogP contribution in [0.25, 0.3) is 0 Å². The molecule has 0 aliphatic heterocycles. The first-order valence-electron chi connectivity index (χ1n) is 4.75. The Labute approximate surface area is 106 Å². The highest BCUT2D eigenvalue weighted by atomic mass is 79.9. The third kappa shape index (κ3) is 3.38. The molecule has 0 atom stereocenters. The molecule has 1 heterocycles. The normalized spacial score (nSPS) is 10.0. The number of rotatable bonds is 5. The van der Waals surface area contributed by atoms with Crippen LogP contribution >= 0.6 is 15.9 Å². The van der Waals surface area contributed by atoms with Gasteiger partial charge >= 0.3 is 0 Å². The fourth-order valence-electron chi connectivity index (χ4n) is 1.18. The van der Waals surface area contributed by atoms with E-state index in [1.54, 1.807) is 6.92 Å². The van der Waals surface area contributed by atoms with Crippen LogP contribution in [0.15, 0.2) is 10.7 Å². The standard InChI is InChI=1S/C9H11BrN4O3/c1-5-6(14(16)17)4-13-9(8(5)10)12-3-2-7(11)15/h4H,2-3H2,1H3,(H2,11,15)(H,12,13). The molecule has 7 nitrogen and oxygen atoms in total. The third-order valence-electron chi connectivity index (χ3n) is 2.10. The molecular formula is C9H11BrN4O3. The van der Waals surface area contributed by atoms with Crippen LogP contribution in [0.1, 0.15) is 12.0 Å². The summed E-state index contributed by atoms with van der Waals surface area (Å²) < 4.78 is 0.510. The second kappa shape index (κ2) is 5.58. The van der Waals surface area contributed by atoms with E-state index in [0.29, 0.717) is 22.4 Å². The van der Waals surface area contributed by atoms with Gasteiger partial charge in [0, 0.05) is 18.5 Å². The predicted molar refractivity (Wildman–Crippen MR) is 65.6 cm³/mol. The van der Waals surface area contributed by atoms with Crippen molar-refractivity contribution < 1.29 is 9.72 Å². The predicted octanol–water partition coefficient (Wildman–Crippen LogP) is 1.35. The van der Waals surface area contributed by atoms with Crippen LogP contribution in [0.4, 0.5) is 11.5 Å². The summed E-state index contributed by atoms with van der Waals surface area (Å²) in [6.45, 7) is 1.95. The number of nitrogens with zero attached hydrogens (tertiary/aromatic N) is 2. The second-order valence-corrected chi connectivity index (χ2v) is 4.12. The van der Waals surface area contributed by atoms with Gasteiger partial charge in [-0.2, -0.15) is 0 Å². The number of primary amides is 1. The van der Waals surface area contributed by atoms with Crippen molar-refractivity contribution >= 4 is 33.3 Å². The van der Waals surface area contributed by atoms with Gasteiger partial charge in [0.05, 0.1) is 9.40 Å². The number of amides is 1. The van der Waals surface area contributed by atoms with Crippen LogP contribution in [-0.4, -0.2) is 22.4 Å². The number of nitrogens with two attached hydrogens (primary N) is 1. The number of nitro groups is 1. The monoisotopic (exact) mass is 302 g/mol. The number of halogens is 1. The lowest BCUT2D eigenvalue weighted by atomic mass is 10.2. The van der Waals surface area contributed by atoms with Crippen molar-refractivity contribution in [2.75, 3.05) is 11.9 Å². The summed E-state index contributed by atoms with van der Waals surface area (Å²) in [4.78, 5) is 24.6. The maximum Gasteiger partial charge on any atom is 0.291 e. The Morgan fingerprint density at radius 2 is 2.35 bits per heavy atom. The van der Waals surface area contributed by atoms with Gasteiger partial charge in [0.2, 0.25) is 5.91 Å². The number of nitrogens with one attached hydrogen (secondary N) is 1. The van der Waals surface area contributed by atoms with Crippen molar-refractivity contribution in [3.8, 4) is 0 Å². The molecule has 1 amide bonds. The largest absolute Gasteiger partial charge is 0.370 e. The number of anilines is 1. The first-order valence-corrected chi connectivity index (χ1v) is 5.54. The molecule has 1 aromatic rings. The van der Waals surface area contributed by atoms with Crippen LogP contribution in [0.3, 0.4) is 0 Å². The highest BCUT2D eigenvalue weighted by Crippen LogP contribution is 2.30. The minimum Gasteiger partial charge on any atom is -0.370 e. The van der Waals surface area contributed by atoms with E-state index < -0.39 is 10.8 Å². The van der Waals surface area contributed by atoms with Crippen molar-refractivity contribution in [2.24, 2.45) is 5.73 Å². The van der Waals surface area contributed by atoms with Crippen molar-refractivity contribution in [1.82, 2.24) is 4.98 Å². The van der Waals surface area contributed by atoms with E-state index in [1.807, 2.05) is 0 Å². The molecule has 92 valence electrons. The van der Waals surface area contributed by atoms with E-state index >= 15 is 0 Å². The molecule has 3 N–H and O–H groups in total. The van der Waals surface area contributed by atoms with E-state index in [-0.39, 0.29) is 12.1 Å². The lowest BCUT2D eigenvalue weighted by molar-refractivity contribution is -0.385. The fraction of sp³-hybridized carbons (Fsp3) is 0.333. The Balaban J connectivity index is 2.85. The lowest BCUT2D eigenvalue weighted by Gasteiger charge is -2.08. The first kappa shape index (κ1) is 13.4. The SMILES string of the molecule is Cc1c([N+](=O)[O-])cnc(NCCC(N)=O)c1Br. The Morgan fingerprint density at radius 1 is 1.71 bits per heavy atom. The molecule has 0 bridgehead atoms. The highest BCUT2D eigenvalue weighted by molar-refractivity contribution is 9.10. The summed E-state index contributed by atoms with van der Waals surface area (Å²) >= 11 is 3.22. The van der Waals surface area contributed by atoms with E-state index in [1.165, 1.54) is 6.20 Å². The molecule has 8 heteroatoms. The van der Waals surface area contributed by atoms with Crippen LogP contribution in [0.2, 0.25) is 0 Å². The van der Waals surface area contributed by atoms with Gasteiger partial charge in [-0.3, -0.25) is 14.9 Å². The minimum absolute atomic E-state index is 0.0580. The number of hydrogen-bond acceptors (Lipinski definition) is 5. The quantitative estimate of drug-likeness (QED) is 0.630. The smallest absolute Gasteiger partial charge is 0.291 e.